The zero-order chi connectivity index (χ0) is 8.93. The maximum Gasteiger partial charge on any atom is 0.246 e. The van der Waals surface area contributed by atoms with Crippen LogP contribution in [-0.4, -0.2) is 32.4 Å². The summed E-state index contributed by atoms with van der Waals surface area (Å²) in [5.41, 5.74) is 0. The van der Waals surface area contributed by atoms with E-state index in [-0.39, 0.29) is 24.0 Å². The maximum atomic E-state index is 11.3. The van der Waals surface area contributed by atoms with Crippen molar-refractivity contribution in [1.82, 2.24) is 0 Å². The molecular weight excluding hydrogens is 331 g/mol. The second-order valence-electron chi connectivity index (χ2n) is 2.67. The Kier molecular flexibility index (Phi) is 2.42. The molecule has 2 heterocycles. The smallest absolute Gasteiger partial charge is 0.246 e. The van der Waals surface area contributed by atoms with Crippen molar-refractivity contribution in [2.24, 2.45) is 0 Å². The van der Waals surface area contributed by atoms with E-state index in [1.54, 1.807) is 0 Å². The molecule has 0 aliphatic carbocycles. The lowest BCUT2D eigenvalue weighted by atomic mass is 10.4. The van der Waals surface area contributed by atoms with Crippen molar-refractivity contribution in [3.63, 3.8) is 0 Å². The average Bonchev–Trinajstić information content (AvgIpc) is 2.35. The molecule has 0 saturated carbocycles. The Bertz CT molecular complexity index is 325. The number of sulfone groups is 1. The molecule has 3 atom stereocenters. The predicted octanol–water partition coefficient (Wildman–Crippen LogP) is 1.51. The third-order valence-electron chi connectivity index (χ3n) is 1.84. The minimum Gasteiger partial charge on any atom is -0.274 e. The van der Waals surface area contributed by atoms with Crippen LogP contribution >= 0.6 is 46.1 Å². The normalized spacial score (nSPS) is 44.8. The fraction of sp³-hybridized carbons (Fsp3) is 0.800. The van der Waals surface area contributed by atoms with Crippen LogP contribution in [0.15, 0.2) is 0 Å². The Labute approximate surface area is 92.5 Å². The molecular formula is C5H5IO3S3. The molecule has 68 valence electrons. The van der Waals surface area contributed by atoms with E-state index < -0.39 is 9.84 Å². The Balaban J connectivity index is 2.30. The minimum atomic E-state index is -2.91. The predicted molar refractivity (Wildman–Crippen MR) is 59.7 cm³/mol. The van der Waals surface area contributed by atoms with Crippen LogP contribution in [0.1, 0.15) is 0 Å². The van der Waals surface area contributed by atoms with Crippen LogP contribution in [0.2, 0.25) is 0 Å². The highest BCUT2D eigenvalue weighted by atomic mass is 127. The molecule has 0 aromatic heterocycles. The Morgan fingerprint density at radius 1 is 1.42 bits per heavy atom. The molecule has 2 rings (SSSR count). The summed E-state index contributed by atoms with van der Waals surface area (Å²) in [7, 11) is -2.91. The summed E-state index contributed by atoms with van der Waals surface area (Å²) in [6, 6.07) is 0. The first-order valence-electron chi connectivity index (χ1n) is 3.23. The molecule has 0 N–H and O–H groups in total. The largest absolute Gasteiger partial charge is 0.274 e. The zero-order valence-electron chi connectivity index (χ0n) is 5.77. The summed E-state index contributed by atoms with van der Waals surface area (Å²) >= 11 is 4.29. The number of thioether (sulfide) groups is 2. The molecule has 0 aromatic carbocycles. The summed E-state index contributed by atoms with van der Waals surface area (Å²) < 4.78 is 22.4. The molecule has 2 saturated heterocycles. The van der Waals surface area contributed by atoms with Gasteiger partial charge in [-0.25, -0.2) is 8.42 Å². The van der Waals surface area contributed by atoms with E-state index in [4.69, 9.17) is 0 Å². The second-order valence-corrected chi connectivity index (χ2v) is 9.64. The Morgan fingerprint density at radius 3 is 2.67 bits per heavy atom. The van der Waals surface area contributed by atoms with Gasteiger partial charge in [-0.15, -0.1) is 0 Å². The van der Waals surface area contributed by atoms with Gasteiger partial charge in [0.05, 0.1) is 11.0 Å². The topological polar surface area (TPSA) is 51.2 Å². The summed E-state index contributed by atoms with van der Waals surface area (Å²) in [4.78, 5) is 10.9. The van der Waals surface area contributed by atoms with Gasteiger partial charge >= 0.3 is 0 Å². The molecule has 2 aliphatic rings. The van der Waals surface area contributed by atoms with Gasteiger partial charge in [-0.2, -0.15) is 0 Å². The van der Waals surface area contributed by atoms with Crippen LogP contribution in [-0.2, 0) is 9.84 Å². The van der Waals surface area contributed by atoms with E-state index in [1.807, 2.05) is 22.6 Å². The lowest BCUT2D eigenvalue weighted by molar-refractivity contribution is 0.277. The molecule has 12 heavy (non-hydrogen) atoms. The van der Waals surface area contributed by atoms with Crippen LogP contribution < -0.4 is 0 Å². The van der Waals surface area contributed by atoms with Crippen molar-refractivity contribution in [3.05, 3.63) is 0 Å². The second kappa shape index (κ2) is 3.03. The molecule has 7 heteroatoms. The third-order valence-corrected chi connectivity index (χ3v) is 10.4. The summed E-state index contributed by atoms with van der Waals surface area (Å²) in [6.07, 6.45) is 0. The highest BCUT2D eigenvalue weighted by Crippen LogP contribution is 2.49. The van der Waals surface area contributed by atoms with Crippen molar-refractivity contribution in [2.45, 2.75) is 13.8 Å². The number of halogens is 1. The number of hydrogen-bond donors (Lipinski definition) is 0. The molecule has 3 nitrogen and oxygen atoms in total. The van der Waals surface area contributed by atoms with E-state index in [9.17, 15) is 13.2 Å². The standard InChI is InChI=1S/C5H5IO3S3/c6-4-3-2(1-12(4,8)9)10-5(7)11-3/h2-4H,1H2. The molecule has 0 amide bonds. The van der Waals surface area contributed by atoms with Crippen LogP contribution in [0.25, 0.3) is 0 Å². The van der Waals surface area contributed by atoms with Crippen molar-refractivity contribution in [2.75, 3.05) is 5.75 Å². The van der Waals surface area contributed by atoms with Crippen LogP contribution in [0.4, 0.5) is 4.79 Å². The number of carbonyl (C=O) groups is 1. The average molecular weight is 336 g/mol. The first-order chi connectivity index (χ1) is 5.50. The van der Waals surface area contributed by atoms with Crippen LogP contribution in [0.5, 0.6) is 0 Å². The van der Waals surface area contributed by atoms with Gasteiger partial charge in [0.1, 0.15) is 3.26 Å². The summed E-state index contributed by atoms with van der Waals surface area (Å²) in [5.74, 6) is 0.175. The molecule has 0 aromatic rings. The van der Waals surface area contributed by atoms with Gasteiger partial charge < -0.3 is 0 Å². The molecule has 2 fully saturated rings. The van der Waals surface area contributed by atoms with Gasteiger partial charge in [-0.05, 0) is 0 Å². The SMILES string of the molecule is O=C1SC2CS(=O)(=O)C(I)C2S1. The first kappa shape index (κ1) is 9.60. The van der Waals surface area contributed by atoms with Crippen LogP contribution in [0.3, 0.4) is 0 Å². The van der Waals surface area contributed by atoms with Gasteiger partial charge in [-0.1, -0.05) is 46.1 Å². The van der Waals surface area contributed by atoms with E-state index in [1.165, 1.54) is 23.5 Å². The quantitative estimate of drug-likeness (QED) is 0.496. The van der Waals surface area contributed by atoms with Gasteiger partial charge in [0.25, 0.3) is 0 Å². The molecule has 3 unspecified atom stereocenters. The Hall–Kier alpha value is 1.05. The molecule has 0 radical (unpaired) electrons. The highest BCUT2D eigenvalue weighted by Gasteiger charge is 2.52. The van der Waals surface area contributed by atoms with E-state index in [2.05, 4.69) is 0 Å². The van der Waals surface area contributed by atoms with E-state index in [0.717, 1.165) is 0 Å². The van der Waals surface area contributed by atoms with E-state index in [0.29, 0.717) is 0 Å². The van der Waals surface area contributed by atoms with Gasteiger partial charge in [0.2, 0.25) is 4.45 Å². The fourth-order valence-electron chi connectivity index (χ4n) is 1.28. The van der Waals surface area contributed by atoms with E-state index >= 15 is 0 Å². The molecule has 0 bridgehead atoms. The monoisotopic (exact) mass is 336 g/mol. The highest BCUT2D eigenvalue weighted by molar-refractivity contribution is 14.1. The Morgan fingerprint density at radius 2 is 2.08 bits per heavy atom. The maximum absolute atomic E-state index is 11.3. The first-order valence-corrected chi connectivity index (χ1v) is 7.95. The lowest BCUT2D eigenvalue weighted by Gasteiger charge is -2.05. The van der Waals surface area contributed by atoms with Crippen molar-refractivity contribution < 1.29 is 13.2 Å². The number of fused-ring (bicyclic) bond motifs is 1. The number of hydrogen-bond acceptors (Lipinski definition) is 5. The number of rotatable bonds is 0. The molecule has 2 aliphatic heterocycles. The minimum absolute atomic E-state index is 0.00639. The molecule has 0 spiro atoms. The van der Waals surface area contributed by atoms with Gasteiger partial charge in [0, 0.05) is 5.25 Å². The van der Waals surface area contributed by atoms with Gasteiger partial charge in [-0.3, -0.25) is 4.79 Å². The summed E-state index contributed by atoms with van der Waals surface area (Å²) in [6.45, 7) is 0. The van der Waals surface area contributed by atoms with Crippen molar-refractivity contribution in [3.8, 4) is 0 Å². The zero-order valence-corrected chi connectivity index (χ0v) is 10.4. The van der Waals surface area contributed by atoms with Crippen molar-refractivity contribution in [1.29, 1.82) is 0 Å². The number of carbonyl (C=O) groups excluding carboxylic acids is 1. The van der Waals surface area contributed by atoms with Crippen LogP contribution in [0, 0.1) is 0 Å². The third kappa shape index (κ3) is 1.42. The van der Waals surface area contributed by atoms with Gasteiger partial charge in [0.15, 0.2) is 9.84 Å². The fourth-order valence-corrected chi connectivity index (χ4v) is 8.69. The summed E-state index contributed by atoms with van der Waals surface area (Å²) in [5, 5.41) is 0.00231. The van der Waals surface area contributed by atoms with Crippen molar-refractivity contribution >= 4 is 60.4 Å². The lowest BCUT2D eigenvalue weighted by Crippen LogP contribution is -2.17. The number of alkyl halides is 1.